The standard InChI is InChI=1S/C19H30FN3O3S/c1-16(23(27(2,25)26)18-10-8-17(20)9-11-18)19(24)21-12-7-15-22-13-5-3-4-6-14-22/h8-11,16H,3-7,12-15H2,1-2H3,(H,21,24)/t16-/m0/s1. The molecule has 6 nitrogen and oxygen atoms in total. The maximum absolute atomic E-state index is 13.1. The Morgan fingerprint density at radius 2 is 1.78 bits per heavy atom. The predicted octanol–water partition coefficient (Wildman–Crippen LogP) is 2.36. The lowest BCUT2D eigenvalue weighted by atomic mass is 10.2. The monoisotopic (exact) mass is 399 g/mol. The molecule has 1 aliphatic rings. The lowest BCUT2D eigenvalue weighted by Gasteiger charge is -2.28. The first-order valence-electron chi connectivity index (χ1n) is 9.54. The number of anilines is 1. The van der Waals surface area contributed by atoms with E-state index in [9.17, 15) is 17.6 Å². The van der Waals surface area contributed by atoms with Gasteiger partial charge in [0, 0.05) is 6.54 Å². The highest BCUT2D eigenvalue weighted by Gasteiger charge is 2.28. The van der Waals surface area contributed by atoms with Gasteiger partial charge in [0.15, 0.2) is 0 Å². The van der Waals surface area contributed by atoms with Crippen LogP contribution in [0.2, 0.25) is 0 Å². The minimum Gasteiger partial charge on any atom is -0.354 e. The number of hydrogen-bond donors (Lipinski definition) is 1. The maximum Gasteiger partial charge on any atom is 0.243 e. The molecule has 1 saturated heterocycles. The van der Waals surface area contributed by atoms with Gasteiger partial charge in [0.1, 0.15) is 11.9 Å². The first-order valence-corrected chi connectivity index (χ1v) is 11.4. The topological polar surface area (TPSA) is 69.7 Å². The van der Waals surface area contributed by atoms with Gasteiger partial charge in [-0.3, -0.25) is 9.10 Å². The summed E-state index contributed by atoms with van der Waals surface area (Å²) in [5.74, 6) is -0.821. The van der Waals surface area contributed by atoms with Crippen LogP contribution in [0.1, 0.15) is 39.0 Å². The van der Waals surface area contributed by atoms with Crippen molar-refractivity contribution in [1.82, 2.24) is 10.2 Å². The van der Waals surface area contributed by atoms with Gasteiger partial charge >= 0.3 is 0 Å². The average Bonchev–Trinajstić information content (AvgIpc) is 2.88. The zero-order chi connectivity index (χ0) is 19.9. The van der Waals surface area contributed by atoms with E-state index in [4.69, 9.17) is 0 Å². The Balaban J connectivity index is 1.89. The molecule has 1 atom stereocenters. The molecule has 8 heteroatoms. The molecule has 1 aliphatic heterocycles. The van der Waals surface area contributed by atoms with E-state index in [2.05, 4.69) is 10.2 Å². The number of hydrogen-bond acceptors (Lipinski definition) is 4. The van der Waals surface area contributed by atoms with E-state index in [1.165, 1.54) is 56.9 Å². The Hall–Kier alpha value is -1.67. The number of carbonyl (C=O) groups is 1. The van der Waals surface area contributed by atoms with Gasteiger partial charge in [-0.1, -0.05) is 12.8 Å². The fourth-order valence-electron chi connectivity index (χ4n) is 3.42. The Morgan fingerprint density at radius 1 is 1.19 bits per heavy atom. The molecule has 0 radical (unpaired) electrons. The summed E-state index contributed by atoms with van der Waals surface area (Å²) in [7, 11) is -3.69. The summed E-state index contributed by atoms with van der Waals surface area (Å²) in [6.07, 6.45) is 6.90. The summed E-state index contributed by atoms with van der Waals surface area (Å²) in [4.78, 5) is 14.9. The van der Waals surface area contributed by atoms with Crippen LogP contribution in [0.5, 0.6) is 0 Å². The number of sulfonamides is 1. The second kappa shape index (κ2) is 10.0. The third-order valence-corrected chi connectivity index (χ3v) is 6.06. The third-order valence-electron chi connectivity index (χ3n) is 4.82. The van der Waals surface area contributed by atoms with Gasteiger partial charge < -0.3 is 10.2 Å². The number of benzene rings is 1. The van der Waals surface area contributed by atoms with E-state index < -0.39 is 21.9 Å². The fourth-order valence-corrected chi connectivity index (χ4v) is 4.59. The van der Waals surface area contributed by atoms with Gasteiger partial charge in [0.25, 0.3) is 0 Å². The summed E-state index contributed by atoms with van der Waals surface area (Å²) in [5.41, 5.74) is 0.270. The summed E-state index contributed by atoms with van der Waals surface area (Å²) in [5, 5.41) is 2.83. The van der Waals surface area contributed by atoms with Gasteiger partial charge in [-0.05, 0) is 70.1 Å². The van der Waals surface area contributed by atoms with Crippen molar-refractivity contribution < 1.29 is 17.6 Å². The number of halogens is 1. The highest BCUT2D eigenvalue weighted by molar-refractivity contribution is 7.92. The zero-order valence-corrected chi connectivity index (χ0v) is 17.0. The van der Waals surface area contributed by atoms with Crippen molar-refractivity contribution in [3.8, 4) is 0 Å². The van der Waals surface area contributed by atoms with E-state index in [-0.39, 0.29) is 11.6 Å². The largest absolute Gasteiger partial charge is 0.354 e. The molecule has 0 unspecified atom stereocenters. The van der Waals surface area contributed by atoms with Crippen molar-refractivity contribution in [1.29, 1.82) is 0 Å². The van der Waals surface area contributed by atoms with Gasteiger partial charge in [-0.2, -0.15) is 0 Å². The Kier molecular flexibility index (Phi) is 8.04. The lowest BCUT2D eigenvalue weighted by Crippen LogP contribution is -2.48. The van der Waals surface area contributed by atoms with Crippen molar-refractivity contribution in [3.05, 3.63) is 30.1 Å². The molecule has 1 N–H and O–H groups in total. The van der Waals surface area contributed by atoms with Gasteiger partial charge in [0.2, 0.25) is 15.9 Å². The molecule has 0 saturated carbocycles. The molecule has 27 heavy (non-hydrogen) atoms. The third kappa shape index (κ3) is 6.77. The summed E-state index contributed by atoms with van der Waals surface area (Å²) in [6, 6.07) is 4.17. The van der Waals surface area contributed by atoms with Crippen LogP contribution in [0, 0.1) is 5.82 Å². The molecule has 2 rings (SSSR count). The highest BCUT2D eigenvalue weighted by Crippen LogP contribution is 2.21. The summed E-state index contributed by atoms with van der Waals surface area (Å²) in [6.45, 7) is 5.19. The predicted molar refractivity (Wildman–Crippen MR) is 106 cm³/mol. The number of amides is 1. The molecule has 1 aromatic rings. The van der Waals surface area contributed by atoms with Crippen LogP contribution in [-0.4, -0.2) is 57.7 Å². The highest BCUT2D eigenvalue weighted by atomic mass is 32.2. The second-order valence-corrected chi connectivity index (χ2v) is 8.97. The SMILES string of the molecule is C[C@@H](C(=O)NCCCN1CCCCCC1)N(c1ccc(F)cc1)S(C)(=O)=O. The van der Waals surface area contributed by atoms with E-state index in [1.807, 2.05) is 0 Å². The van der Waals surface area contributed by atoms with E-state index in [1.54, 1.807) is 0 Å². The minimum absolute atomic E-state index is 0.270. The zero-order valence-electron chi connectivity index (χ0n) is 16.2. The molecule has 0 spiro atoms. The quantitative estimate of drug-likeness (QED) is 0.682. The average molecular weight is 400 g/mol. The number of rotatable bonds is 8. The Labute approximate surface area is 161 Å². The van der Waals surface area contributed by atoms with Crippen LogP contribution in [0.3, 0.4) is 0 Å². The van der Waals surface area contributed by atoms with Crippen LogP contribution in [-0.2, 0) is 14.8 Å². The Morgan fingerprint density at radius 3 is 2.33 bits per heavy atom. The van der Waals surface area contributed by atoms with Crippen LogP contribution in [0.15, 0.2) is 24.3 Å². The van der Waals surface area contributed by atoms with Gasteiger partial charge in [-0.15, -0.1) is 0 Å². The van der Waals surface area contributed by atoms with E-state index >= 15 is 0 Å². The molecule has 1 amide bonds. The first kappa shape index (κ1) is 21.6. The van der Waals surface area contributed by atoms with Gasteiger partial charge in [-0.25, -0.2) is 12.8 Å². The van der Waals surface area contributed by atoms with Crippen LogP contribution >= 0.6 is 0 Å². The molecule has 1 heterocycles. The van der Waals surface area contributed by atoms with Crippen molar-refractivity contribution in [2.45, 2.75) is 45.1 Å². The van der Waals surface area contributed by atoms with Crippen molar-refractivity contribution in [2.24, 2.45) is 0 Å². The lowest BCUT2D eigenvalue weighted by molar-refractivity contribution is -0.121. The second-order valence-electron chi connectivity index (χ2n) is 7.11. The van der Waals surface area contributed by atoms with Crippen LogP contribution < -0.4 is 9.62 Å². The minimum atomic E-state index is -3.69. The van der Waals surface area contributed by atoms with E-state index in [0.717, 1.165) is 36.6 Å². The molecule has 1 aromatic carbocycles. The van der Waals surface area contributed by atoms with E-state index in [0.29, 0.717) is 6.54 Å². The normalized spacial score (nSPS) is 17.1. The van der Waals surface area contributed by atoms with Crippen molar-refractivity contribution in [3.63, 3.8) is 0 Å². The summed E-state index contributed by atoms with van der Waals surface area (Å²) < 4.78 is 38.5. The Bertz CT molecular complexity index is 701. The molecule has 152 valence electrons. The van der Waals surface area contributed by atoms with Crippen LogP contribution in [0.25, 0.3) is 0 Å². The number of nitrogens with one attached hydrogen (secondary N) is 1. The number of carbonyl (C=O) groups excluding carboxylic acids is 1. The molecular formula is C19H30FN3O3S. The summed E-state index contributed by atoms with van der Waals surface area (Å²) >= 11 is 0. The molecule has 0 bridgehead atoms. The molecule has 0 aromatic heterocycles. The van der Waals surface area contributed by atoms with Gasteiger partial charge in [0.05, 0.1) is 11.9 Å². The van der Waals surface area contributed by atoms with Crippen molar-refractivity contribution in [2.75, 3.05) is 36.7 Å². The number of likely N-dealkylation sites (tertiary alicyclic amines) is 1. The van der Waals surface area contributed by atoms with Crippen molar-refractivity contribution >= 4 is 21.6 Å². The maximum atomic E-state index is 13.1. The first-order chi connectivity index (χ1) is 12.8. The molecule has 1 fully saturated rings. The fraction of sp³-hybridized carbons (Fsp3) is 0.632. The van der Waals surface area contributed by atoms with Crippen LogP contribution in [0.4, 0.5) is 10.1 Å². The molecular weight excluding hydrogens is 369 g/mol. The smallest absolute Gasteiger partial charge is 0.243 e. The molecule has 0 aliphatic carbocycles. The number of nitrogens with zero attached hydrogens (tertiary/aromatic N) is 2.